The molecule has 11 heteroatoms. The molecule has 1 fully saturated rings. The Labute approximate surface area is 157 Å². The summed E-state index contributed by atoms with van der Waals surface area (Å²) in [5, 5.41) is 3.32. The van der Waals surface area contributed by atoms with Gasteiger partial charge in [0.15, 0.2) is 0 Å². The molecule has 0 spiro atoms. The molecule has 0 radical (unpaired) electrons. The molecule has 1 aromatic heterocycles. The number of ether oxygens (including phenoxy) is 1. The van der Waals surface area contributed by atoms with E-state index in [9.17, 15) is 22.8 Å². The Morgan fingerprint density at radius 2 is 1.96 bits per heavy atom. The normalized spacial score (nSPS) is 16.9. The van der Waals surface area contributed by atoms with Crippen LogP contribution in [0.25, 0.3) is 11.4 Å². The van der Waals surface area contributed by atoms with Crippen LogP contribution in [-0.4, -0.2) is 46.1 Å². The smallest absolute Gasteiger partial charge is 0.376 e. The molecule has 150 valence electrons. The Kier molecular flexibility index (Phi) is 5.63. The predicted molar refractivity (Wildman–Crippen MR) is 88.3 cm³/mol. The molecule has 1 unspecified atom stereocenters. The molecule has 28 heavy (non-hydrogen) atoms. The van der Waals surface area contributed by atoms with E-state index in [1.807, 2.05) is 0 Å². The van der Waals surface area contributed by atoms with E-state index in [0.717, 1.165) is 12.8 Å². The maximum Gasteiger partial charge on any atom is 0.471 e. The summed E-state index contributed by atoms with van der Waals surface area (Å²) in [4.78, 5) is 28.0. The fourth-order valence-corrected chi connectivity index (χ4v) is 2.84. The van der Waals surface area contributed by atoms with Crippen LogP contribution in [0.1, 0.15) is 24.3 Å². The van der Waals surface area contributed by atoms with E-state index in [1.54, 1.807) is 12.1 Å². The van der Waals surface area contributed by atoms with Crippen LogP contribution in [0, 0.1) is 0 Å². The number of carbonyl (C=O) groups is 2. The van der Waals surface area contributed by atoms with Crippen molar-refractivity contribution in [1.82, 2.24) is 15.0 Å². The Bertz CT molecular complexity index is 845. The molecule has 2 amide bonds. The van der Waals surface area contributed by atoms with Crippen LogP contribution in [0.5, 0.6) is 0 Å². The minimum absolute atomic E-state index is 0.0992. The van der Waals surface area contributed by atoms with Gasteiger partial charge in [-0.3, -0.25) is 9.59 Å². The average Bonchev–Trinajstić information content (AvgIpc) is 3.32. The Hall–Kier alpha value is -2.95. The number of aromatic nitrogens is 2. The maximum atomic E-state index is 12.6. The highest BCUT2D eigenvalue weighted by Gasteiger charge is 2.38. The number of halogens is 3. The van der Waals surface area contributed by atoms with Gasteiger partial charge in [-0.25, -0.2) is 0 Å². The van der Waals surface area contributed by atoms with E-state index in [2.05, 4.69) is 14.7 Å². The summed E-state index contributed by atoms with van der Waals surface area (Å²) in [5.41, 5.74) is 6.08. The molecule has 1 atom stereocenters. The lowest BCUT2D eigenvalue weighted by Gasteiger charge is -2.24. The molecule has 3 rings (SSSR count). The van der Waals surface area contributed by atoms with Gasteiger partial charge in [-0.15, -0.1) is 0 Å². The summed E-state index contributed by atoms with van der Waals surface area (Å²) in [6, 6.07) is 6.18. The SMILES string of the molecule is NC(=O)C(=O)N(Cc1ccc(-c2noc(C(F)(F)F)n2)cc1)CC1CCCO1. The molecule has 2 aromatic rings. The number of hydrogen-bond acceptors (Lipinski definition) is 6. The summed E-state index contributed by atoms with van der Waals surface area (Å²) >= 11 is 0. The number of rotatable bonds is 5. The third-order valence-electron chi connectivity index (χ3n) is 4.20. The number of amides is 2. The highest BCUT2D eigenvalue weighted by atomic mass is 19.4. The van der Waals surface area contributed by atoms with Crippen molar-refractivity contribution < 1.29 is 32.0 Å². The Morgan fingerprint density at radius 3 is 2.50 bits per heavy atom. The van der Waals surface area contributed by atoms with Crippen LogP contribution in [0.4, 0.5) is 13.2 Å². The van der Waals surface area contributed by atoms with Gasteiger partial charge in [0.25, 0.3) is 0 Å². The third-order valence-corrected chi connectivity index (χ3v) is 4.20. The van der Waals surface area contributed by atoms with Crippen molar-refractivity contribution in [3.63, 3.8) is 0 Å². The first-order valence-corrected chi connectivity index (χ1v) is 8.44. The van der Waals surface area contributed by atoms with Crippen LogP contribution in [0.15, 0.2) is 28.8 Å². The third kappa shape index (κ3) is 4.66. The van der Waals surface area contributed by atoms with Crippen molar-refractivity contribution in [2.45, 2.75) is 31.7 Å². The molecular formula is C17H17F3N4O4. The first-order chi connectivity index (χ1) is 13.2. The summed E-state index contributed by atoms with van der Waals surface area (Å²) in [6.45, 7) is 0.924. The fourth-order valence-electron chi connectivity index (χ4n) is 2.84. The van der Waals surface area contributed by atoms with Gasteiger partial charge in [-0.05, 0) is 18.4 Å². The van der Waals surface area contributed by atoms with Crippen molar-refractivity contribution in [1.29, 1.82) is 0 Å². The second kappa shape index (κ2) is 7.97. The lowest BCUT2D eigenvalue weighted by molar-refractivity contribution is -0.159. The van der Waals surface area contributed by atoms with E-state index in [0.29, 0.717) is 17.7 Å². The number of nitrogens with zero attached hydrogens (tertiary/aromatic N) is 3. The number of alkyl halides is 3. The lowest BCUT2D eigenvalue weighted by Crippen LogP contribution is -2.43. The molecule has 1 aromatic carbocycles. The average molecular weight is 398 g/mol. The van der Waals surface area contributed by atoms with E-state index >= 15 is 0 Å². The zero-order valence-corrected chi connectivity index (χ0v) is 14.6. The second-order valence-corrected chi connectivity index (χ2v) is 6.30. The number of hydrogen-bond donors (Lipinski definition) is 1. The minimum Gasteiger partial charge on any atom is -0.376 e. The second-order valence-electron chi connectivity index (χ2n) is 6.30. The molecular weight excluding hydrogens is 381 g/mol. The predicted octanol–water partition coefficient (Wildman–Crippen LogP) is 1.75. The minimum atomic E-state index is -4.72. The first-order valence-electron chi connectivity index (χ1n) is 8.44. The zero-order chi connectivity index (χ0) is 20.3. The Balaban J connectivity index is 1.72. The molecule has 1 saturated heterocycles. The van der Waals surface area contributed by atoms with Crippen LogP contribution in [-0.2, 0) is 27.0 Å². The van der Waals surface area contributed by atoms with E-state index < -0.39 is 23.9 Å². The lowest BCUT2D eigenvalue weighted by atomic mass is 10.1. The summed E-state index contributed by atoms with van der Waals surface area (Å²) in [7, 11) is 0. The van der Waals surface area contributed by atoms with Crippen LogP contribution >= 0.6 is 0 Å². The van der Waals surface area contributed by atoms with Crippen molar-refractivity contribution in [3.8, 4) is 11.4 Å². The number of benzene rings is 1. The van der Waals surface area contributed by atoms with E-state index in [4.69, 9.17) is 10.5 Å². The van der Waals surface area contributed by atoms with Crippen LogP contribution < -0.4 is 5.73 Å². The highest BCUT2D eigenvalue weighted by Crippen LogP contribution is 2.29. The molecule has 2 N–H and O–H groups in total. The molecule has 0 bridgehead atoms. The number of primary amides is 1. The summed E-state index contributed by atoms with van der Waals surface area (Å²) in [5.74, 6) is -3.53. The standard InChI is InChI=1S/C17H17F3N4O4/c18-17(19,20)16-22-14(23-28-16)11-5-3-10(4-6-11)8-24(15(26)13(21)25)9-12-2-1-7-27-12/h3-6,12H,1-2,7-9H2,(H2,21,25). The first kappa shape index (κ1) is 19.8. The van der Waals surface area contributed by atoms with Crippen molar-refractivity contribution >= 4 is 11.8 Å². The van der Waals surface area contributed by atoms with Crippen molar-refractivity contribution in [2.24, 2.45) is 5.73 Å². The Morgan fingerprint density at radius 1 is 1.25 bits per heavy atom. The van der Waals surface area contributed by atoms with Gasteiger partial charge in [0.05, 0.1) is 6.10 Å². The topological polar surface area (TPSA) is 112 Å². The number of carbonyl (C=O) groups excluding carboxylic acids is 2. The van der Waals surface area contributed by atoms with Gasteiger partial charge >= 0.3 is 23.9 Å². The monoisotopic (exact) mass is 398 g/mol. The van der Waals surface area contributed by atoms with Crippen LogP contribution in [0.2, 0.25) is 0 Å². The van der Waals surface area contributed by atoms with Gasteiger partial charge in [-0.2, -0.15) is 18.2 Å². The van der Waals surface area contributed by atoms with Gasteiger partial charge < -0.3 is 19.9 Å². The molecule has 0 saturated carbocycles. The van der Waals surface area contributed by atoms with Crippen molar-refractivity contribution in [3.05, 3.63) is 35.7 Å². The molecule has 1 aliphatic heterocycles. The molecule has 0 aliphatic carbocycles. The van der Waals surface area contributed by atoms with Gasteiger partial charge in [0, 0.05) is 25.3 Å². The molecule has 8 nitrogen and oxygen atoms in total. The van der Waals surface area contributed by atoms with E-state index in [-0.39, 0.29) is 25.0 Å². The summed E-state index contributed by atoms with van der Waals surface area (Å²) < 4.78 is 47.4. The summed E-state index contributed by atoms with van der Waals surface area (Å²) in [6.07, 6.45) is -3.23. The molecule has 1 aliphatic rings. The van der Waals surface area contributed by atoms with Gasteiger partial charge in [0.1, 0.15) is 0 Å². The van der Waals surface area contributed by atoms with Gasteiger partial charge in [0.2, 0.25) is 5.82 Å². The zero-order valence-electron chi connectivity index (χ0n) is 14.6. The molecule has 2 heterocycles. The van der Waals surface area contributed by atoms with Gasteiger partial charge in [-0.1, -0.05) is 29.4 Å². The van der Waals surface area contributed by atoms with Crippen LogP contribution in [0.3, 0.4) is 0 Å². The fraction of sp³-hybridized carbons (Fsp3) is 0.412. The number of nitrogens with two attached hydrogens (primary N) is 1. The highest BCUT2D eigenvalue weighted by molar-refractivity contribution is 6.34. The maximum absolute atomic E-state index is 12.6. The largest absolute Gasteiger partial charge is 0.471 e. The van der Waals surface area contributed by atoms with E-state index in [1.165, 1.54) is 17.0 Å². The quantitative estimate of drug-likeness (QED) is 0.768. The van der Waals surface area contributed by atoms with Crippen molar-refractivity contribution in [2.75, 3.05) is 13.2 Å².